The Morgan fingerprint density at radius 1 is 1.08 bits per heavy atom. The standard InChI is InChI=1S/C20H19NO3/c1-2-3-13-23-17-11-9-16(10-12-17)19-21-18(20(22)24-19)14-15-7-5-4-6-8-15/h4-12,14H,2-3,13H2,1H3/b18-14-. The molecule has 1 aliphatic rings. The highest BCUT2D eigenvalue weighted by atomic mass is 16.6. The maximum Gasteiger partial charge on any atom is 0.363 e. The molecule has 0 aromatic heterocycles. The van der Waals surface area contributed by atoms with E-state index in [-0.39, 0.29) is 0 Å². The van der Waals surface area contributed by atoms with E-state index < -0.39 is 5.97 Å². The number of hydrogen-bond donors (Lipinski definition) is 0. The molecule has 0 amide bonds. The monoisotopic (exact) mass is 321 g/mol. The summed E-state index contributed by atoms with van der Waals surface area (Å²) in [6.07, 6.45) is 3.85. The highest BCUT2D eigenvalue weighted by molar-refractivity contribution is 6.12. The molecule has 122 valence electrons. The molecule has 0 atom stereocenters. The van der Waals surface area contributed by atoms with Gasteiger partial charge in [0.05, 0.1) is 6.61 Å². The van der Waals surface area contributed by atoms with E-state index in [1.54, 1.807) is 6.08 Å². The van der Waals surface area contributed by atoms with Gasteiger partial charge in [0, 0.05) is 5.56 Å². The Bertz CT molecular complexity index is 761. The van der Waals surface area contributed by atoms with Crippen LogP contribution in [0.1, 0.15) is 30.9 Å². The zero-order valence-corrected chi connectivity index (χ0v) is 13.6. The Hall–Kier alpha value is -2.88. The Morgan fingerprint density at radius 2 is 1.83 bits per heavy atom. The molecule has 1 aliphatic heterocycles. The summed E-state index contributed by atoms with van der Waals surface area (Å²) >= 11 is 0. The van der Waals surface area contributed by atoms with E-state index in [0.717, 1.165) is 29.7 Å². The number of ether oxygens (including phenoxy) is 2. The summed E-state index contributed by atoms with van der Waals surface area (Å²) in [6.45, 7) is 2.83. The third-order valence-corrected chi connectivity index (χ3v) is 3.59. The van der Waals surface area contributed by atoms with E-state index in [1.165, 1.54) is 0 Å². The van der Waals surface area contributed by atoms with Crippen LogP contribution in [0.3, 0.4) is 0 Å². The smallest absolute Gasteiger partial charge is 0.363 e. The van der Waals surface area contributed by atoms with Crippen molar-refractivity contribution in [1.29, 1.82) is 0 Å². The molecule has 4 nitrogen and oxygen atoms in total. The fourth-order valence-corrected chi connectivity index (χ4v) is 2.27. The number of carbonyl (C=O) groups is 1. The van der Waals surface area contributed by atoms with Crippen molar-refractivity contribution < 1.29 is 14.3 Å². The van der Waals surface area contributed by atoms with Gasteiger partial charge in [-0.05, 0) is 42.3 Å². The Labute approximate surface area is 141 Å². The molecule has 0 saturated carbocycles. The Balaban J connectivity index is 1.74. The molecule has 3 rings (SSSR count). The molecule has 0 unspecified atom stereocenters. The van der Waals surface area contributed by atoms with Gasteiger partial charge in [-0.1, -0.05) is 43.7 Å². The number of hydrogen-bond acceptors (Lipinski definition) is 4. The van der Waals surface area contributed by atoms with Gasteiger partial charge in [0.15, 0.2) is 5.70 Å². The highest BCUT2D eigenvalue weighted by Crippen LogP contribution is 2.21. The van der Waals surface area contributed by atoms with Gasteiger partial charge in [0.2, 0.25) is 5.90 Å². The van der Waals surface area contributed by atoms with E-state index in [4.69, 9.17) is 9.47 Å². The summed E-state index contributed by atoms with van der Waals surface area (Å²) in [5.74, 6) is 0.691. The third-order valence-electron chi connectivity index (χ3n) is 3.59. The van der Waals surface area contributed by atoms with E-state index in [9.17, 15) is 4.79 Å². The molecular formula is C20H19NO3. The summed E-state index contributed by atoms with van der Waals surface area (Å²) in [5, 5.41) is 0. The molecule has 4 heteroatoms. The SMILES string of the molecule is CCCCOc1ccc(C2=N/C(=C\c3ccccc3)C(=O)O2)cc1. The Morgan fingerprint density at radius 3 is 2.54 bits per heavy atom. The van der Waals surface area contributed by atoms with Crippen molar-refractivity contribution >= 4 is 17.9 Å². The van der Waals surface area contributed by atoms with Crippen LogP contribution in [0.5, 0.6) is 5.75 Å². The second-order valence-corrected chi connectivity index (χ2v) is 5.47. The highest BCUT2D eigenvalue weighted by Gasteiger charge is 2.24. The third kappa shape index (κ3) is 3.90. The zero-order chi connectivity index (χ0) is 16.8. The lowest BCUT2D eigenvalue weighted by molar-refractivity contribution is -0.129. The maximum atomic E-state index is 12.0. The summed E-state index contributed by atoms with van der Waals surface area (Å²) in [5.41, 5.74) is 1.97. The van der Waals surface area contributed by atoms with Gasteiger partial charge in [0.1, 0.15) is 5.75 Å². The van der Waals surface area contributed by atoms with Gasteiger partial charge in [-0.3, -0.25) is 0 Å². The van der Waals surface area contributed by atoms with Crippen molar-refractivity contribution in [3.05, 3.63) is 71.4 Å². The maximum absolute atomic E-state index is 12.0. The van der Waals surface area contributed by atoms with Crippen LogP contribution in [0, 0.1) is 0 Å². The van der Waals surface area contributed by atoms with Gasteiger partial charge in [-0.25, -0.2) is 9.79 Å². The average molecular weight is 321 g/mol. The predicted octanol–water partition coefficient (Wildman–Crippen LogP) is 4.21. The molecule has 0 N–H and O–H groups in total. The summed E-state index contributed by atoms with van der Waals surface area (Å²) < 4.78 is 10.9. The minimum absolute atomic E-state index is 0.305. The van der Waals surface area contributed by atoms with Crippen LogP contribution in [0.4, 0.5) is 0 Å². The molecule has 0 saturated heterocycles. The minimum Gasteiger partial charge on any atom is -0.494 e. The fourth-order valence-electron chi connectivity index (χ4n) is 2.27. The van der Waals surface area contributed by atoms with E-state index in [1.807, 2.05) is 54.6 Å². The predicted molar refractivity (Wildman–Crippen MR) is 93.9 cm³/mol. The number of esters is 1. The summed E-state index contributed by atoms with van der Waals surface area (Å²) in [6, 6.07) is 17.0. The molecule has 0 bridgehead atoms. The average Bonchev–Trinajstić information content (AvgIpc) is 2.97. The number of aliphatic imine (C=N–C) groups is 1. The minimum atomic E-state index is -0.433. The lowest BCUT2D eigenvalue weighted by Gasteiger charge is -2.05. The second kappa shape index (κ2) is 7.59. The largest absolute Gasteiger partial charge is 0.494 e. The first kappa shape index (κ1) is 16.0. The van der Waals surface area contributed by atoms with Crippen molar-refractivity contribution in [3.8, 4) is 5.75 Å². The van der Waals surface area contributed by atoms with Gasteiger partial charge in [-0.15, -0.1) is 0 Å². The van der Waals surface area contributed by atoms with Crippen molar-refractivity contribution in [2.24, 2.45) is 4.99 Å². The fraction of sp³-hybridized carbons (Fsp3) is 0.200. The normalized spacial score (nSPS) is 15.3. The van der Waals surface area contributed by atoms with Gasteiger partial charge in [0.25, 0.3) is 0 Å². The number of rotatable bonds is 6. The van der Waals surface area contributed by atoms with Gasteiger partial charge < -0.3 is 9.47 Å². The first-order chi connectivity index (χ1) is 11.8. The van der Waals surface area contributed by atoms with Crippen LogP contribution < -0.4 is 4.74 Å². The summed E-state index contributed by atoms with van der Waals surface area (Å²) in [7, 11) is 0. The molecular weight excluding hydrogens is 302 g/mol. The molecule has 2 aromatic rings. The van der Waals surface area contributed by atoms with Crippen molar-refractivity contribution in [2.45, 2.75) is 19.8 Å². The molecule has 0 fully saturated rings. The molecule has 0 aliphatic carbocycles. The van der Waals surface area contributed by atoms with E-state index in [0.29, 0.717) is 18.2 Å². The number of cyclic esters (lactones) is 1. The summed E-state index contributed by atoms with van der Waals surface area (Å²) in [4.78, 5) is 16.3. The van der Waals surface area contributed by atoms with Crippen LogP contribution in [0.15, 0.2) is 65.3 Å². The first-order valence-corrected chi connectivity index (χ1v) is 8.07. The lowest BCUT2D eigenvalue weighted by Crippen LogP contribution is -2.05. The van der Waals surface area contributed by atoms with Gasteiger partial charge >= 0.3 is 5.97 Å². The number of benzene rings is 2. The molecule has 0 radical (unpaired) electrons. The molecule has 24 heavy (non-hydrogen) atoms. The quantitative estimate of drug-likeness (QED) is 0.455. The van der Waals surface area contributed by atoms with Crippen LogP contribution in [0.2, 0.25) is 0 Å². The molecule has 0 spiro atoms. The van der Waals surface area contributed by atoms with Crippen molar-refractivity contribution in [2.75, 3.05) is 6.61 Å². The lowest BCUT2D eigenvalue weighted by atomic mass is 10.2. The second-order valence-electron chi connectivity index (χ2n) is 5.47. The molecule has 2 aromatic carbocycles. The zero-order valence-electron chi connectivity index (χ0n) is 13.6. The van der Waals surface area contributed by atoms with E-state index in [2.05, 4.69) is 11.9 Å². The van der Waals surface area contributed by atoms with Crippen LogP contribution in [-0.4, -0.2) is 18.5 Å². The Kier molecular flexibility index (Phi) is 5.06. The molecule has 1 heterocycles. The van der Waals surface area contributed by atoms with Crippen LogP contribution in [-0.2, 0) is 9.53 Å². The van der Waals surface area contributed by atoms with Gasteiger partial charge in [-0.2, -0.15) is 0 Å². The van der Waals surface area contributed by atoms with Crippen LogP contribution in [0.25, 0.3) is 6.08 Å². The van der Waals surface area contributed by atoms with Crippen molar-refractivity contribution in [1.82, 2.24) is 0 Å². The first-order valence-electron chi connectivity index (χ1n) is 8.07. The van der Waals surface area contributed by atoms with Crippen molar-refractivity contribution in [3.63, 3.8) is 0 Å². The van der Waals surface area contributed by atoms with E-state index >= 15 is 0 Å². The van der Waals surface area contributed by atoms with Crippen LogP contribution >= 0.6 is 0 Å². The number of nitrogens with zero attached hydrogens (tertiary/aromatic N) is 1. The number of unbranched alkanes of at least 4 members (excludes halogenated alkanes) is 1. The number of carbonyl (C=O) groups excluding carboxylic acids is 1. The topological polar surface area (TPSA) is 47.9 Å².